The van der Waals surface area contributed by atoms with Crippen LogP contribution in [0.3, 0.4) is 0 Å². The maximum Gasteiger partial charge on any atom is 0.123 e. The van der Waals surface area contributed by atoms with Gasteiger partial charge in [-0.15, -0.1) is 0 Å². The molecule has 1 aromatic heterocycles. The summed E-state index contributed by atoms with van der Waals surface area (Å²) in [4.78, 5) is 10.8. The van der Waals surface area contributed by atoms with E-state index in [1.165, 1.54) is 5.69 Å². The van der Waals surface area contributed by atoms with Crippen molar-refractivity contribution in [1.29, 1.82) is 0 Å². The first-order chi connectivity index (χ1) is 8.11. The van der Waals surface area contributed by atoms with Gasteiger partial charge in [-0.25, -0.2) is 0 Å². The molecule has 2 atom stereocenters. The molecule has 17 heavy (non-hydrogen) atoms. The van der Waals surface area contributed by atoms with E-state index >= 15 is 0 Å². The number of aldehydes is 1. The van der Waals surface area contributed by atoms with E-state index in [9.17, 15) is 4.79 Å². The fourth-order valence-corrected chi connectivity index (χ4v) is 3.63. The topological polar surface area (TPSA) is 34.9 Å². The van der Waals surface area contributed by atoms with Crippen LogP contribution in [0.15, 0.2) is 6.07 Å². The Bertz CT molecular complexity index is 437. The minimum atomic E-state index is 0.331. The maximum atomic E-state index is 10.8. The quantitative estimate of drug-likeness (QED) is 0.751. The summed E-state index contributed by atoms with van der Waals surface area (Å²) in [7, 11) is 0. The number of carbonyl (C=O) groups is 1. The molecule has 3 nitrogen and oxygen atoms in total. The van der Waals surface area contributed by atoms with E-state index in [4.69, 9.17) is 0 Å². The lowest BCUT2D eigenvalue weighted by Crippen LogP contribution is -2.09. The lowest BCUT2D eigenvalue weighted by Gasteiger charge is -2.13. The highest BCUT2D eigenvalue weighted by atomic mass is 16.1. The second-order valence-electron chi connectivity index (χ2n) is 5.97. The SMILES string of the molecule is Cc1cc(C2C3CC(C=O)CC32)n(C(C)C)n1. The van der Waals surface area contributed by atoms with E-state index in [-0.39, 0.29) is 0 Å². The molecule has 0 N–H and O–H groups in total. The van der Waals surface area contributed by atoms with Gasteiger partial charge in [-0.3, -0.25) is 4.68 Å². The Morgan fingerprint density at radius 1 is 1.41 bits per heavy atom. The van der Waals surface area contributed by atoms with Gasteiger partial charge < -0.3 is 4.79 Å². The summed E-state index contributed by atoms with van der Waals surface area (Å²) in [5.74, 6) is 2.50. The molecule has 1 aromatic rings. The Hall–Kier alpha value is -1.12. The van der Waals surface area contributed by atoms with Crippen LogP contribution in [0.4, 0.5) is 0 Å². The van der Waals surface area contributed by atoms with Crippen LogP contribution in [0.25, 0.3) is 0 Å². The van der Waals surface area contributed by atoms with Gasteiger partial charge in [0, 0.05) is 23.6 Å². The molecule has 0 amide bonds. The van der Waals surface area contributed by atoms with Gasteiger partial charge in [0.15, 0.2) is 0 Å². The number of fused-ring (bicyclic) bond motifs is 1. The summed E-state index contributed by atoms with van der Waals surface area (Å²) in [6.07, 6.45) is 3.34. The molecule has 0 aromatic carbocycles. The molecular formula is C14H20N2O. The van der Waals surface area contributed by atoms with Crippen LogP contribution in [0.1, 0.15) is 50.0 Å². The fourth-order valence-electron chi connectivity index (χ4n) is 3.63. The first-order valence-electron chi connectivity index (χ1n) is 6.63. The maximum absolute atomic E-state index is 10.8. The van der Waals surface area contributed by atoms with Crippen LogP contribution < -0.4 is 0 Å². The Kier molecular flexibility index (Phi) is 2.39. The standard InChI is InChI=1S/C14H20N2O/c1-8(2)16-13(4-9(3)15-16)14-11-5-10(7-17)6-12(11)14/h4,7-8,10-12,14H,5-6H2,1-3H3. The number of aryl methyl sites for hydroxylation is 1. The lowest BCUT2D eigenvalue weighted by atomic mass is 10.00. The van der Waals surface area contributed by atoms with Crippen molar-refractivity contribution in [1.82, 2.24) is 9.78 Å². The van der Waals surface area contributed by atoms with Gasteiger partial charge in [0.05, 0.1) is 5.69 Å². The summed E-state index contributed by atoms with van der Waals surface area (Å²) < 4.78 is 2.17. The summed E-state index contributed by atoms with van der Waals surface area (Å²) in [5.41, 5.74) is 2.52. The minimum absolute atomic E-state index is 0.331. The normalized spacial score (nSPS) is 35.1. The van der Waals surface area contributed by atoms with Gasteiger partial charge in [-0.2, -0.15) is 5.10 Å². The lowest BCUT2D eigenvalue weighted by molar-refractivity contribution is -0.111. The highest BCUT2D eigenvalue weighted by Crippen LogP contribution is 2.64. The van der Waals surface area contributed by atoms with Crippen molar-refractivity contribution in [3.63, 3.8) is 0 Å². The first kappa shape index (κ1) is 11.0. The molecule has 2 saturated carbocycles. The molecule has 0 saturated heterocycles. The smallest absolute Gasteiger partial charge is 0.123 e. The Morgan fingerprint density at radius 3 is 2.59 bits per heavy atom. The zero-order valence-corrected chi connectivity index (χ0v) is 10.8. The van der Waals surface area contributed by atoms with E-state index in [0.717, 1.165) is 36.7 Å². The monoisotopic (exact) mass is 232 g/mol. The molecule has 2 aliphatic carbocycles. The number of hydrogen-bond acceptors (Lipinski definition) is 2. The predicted molar refractivity (Wildman–Crippen MR) is 65.9 cm³/mol. The highest BCUT2D eigenvalue weighted by molar-refractivity contribution is 5.55. The molecule has 3 heteroatoms. The zero-order valence-electron chi connectivity index (χ0n) is 10.8. The molecule has 0 radical (unpaired) electrons. The van der Waals surface area contributed by atoms with Gasteiger partial charge in [0.2, 0.25) is 0 Å². The second kappa shape index (κ2) is 3.69. The fraction of sp³-hybridized carbons (Fsp3) is 0.714. The number of carbonyl (C=O) groups excluding carboxylic acids is 1. The molecule has 0 bridgehead atoms. The second-order valence-corrected chi connectivity index (χ2v) is 5.97. The van der Waals surface area contributed by atoms with Crippen molar-refractivity contribution in [2.45, 2.75) is 45.6 Å². The number of rotatable bonds is 3. The summed E-state index contributed by atoms with van der Waals surface area (Å²) >= 11 is 0. The molecule has 2 fully saturated rings. The minimum Gasteiger partial charge on any atom is -0.303 e. The molecule has 0 aliphatic heterocycles. The number of aromatic nitrogens is 2. The van der Waals surface area contributed by atoms with Crippen molar-refractivity contribution in [3.05, 3.63) is 17.5 Å². The van der Waals surface area contributed by atoms with E-state index < -0.39 is 0 Å². The van der Waals surface area contributed by atoms with Crippen LogP contribution in [-0.2, 0) is 4.79 Å². The molecule has 1 heterocycles. The van der Waals surface area contributed by atoms with E-state index in [1.807, 2.05) is 0 Å². The van der Waals surface area contributed by atoms with E-state index in [1.54, 1.807) is 0 Å². The Labute approximate surface area is 102 Å². The zero-order chi connectivity index (χ0) is 12.2. The number of hydrogen-bond donors (Lipinski definition) is 0. The highest BCUT2D eigenvalue weighted by Gasteiger charge is 2.57. The van der Waals surface area contributed by atoms with Crippen molar-refractivity contribution >= 4 is 6.29 Å². The third kappa shape index (κ3) is 1.63. The average molecular weight is 232 g/mol. The van der Waals surface area contributed by atoms with Crippen molar-refractivity contribution in [2.75, 3.05) is 0 Å². The van der Waals surface area contributed by atoms with Crippen LogP contribution in [0.5, 0.6) is 0 Å². The molecular weight excluding hydrogens is 212 g/mol. The number of nitrogens with zero attached hydrogens (tertiary/aromatic N) is 2. The van der Waals surface area contributed by atoms with Crippen LogP contribution >= 0.6 is 0 Å². The molecule has 92 valence electrons. The van der Waals surface area contributed by atoms with Crippen LogP contribution in [0.2, 0.25) is 0 Å². The van der Waals surface area contributed by atoms with E-state index in [0.29, 0.717) is 17.9 Å². The molecule has 3 rings (SSSR count). The van der Waals surface area contributed by atoms with Crippen molar-refractivity contribution < 1.29 is 4.79 Å². The van der Waals surface area contributed by atoms with Crippen molar-refractivity contribution in [2.24, 2.45) is 17.8 Å². The Balaban J connectivity index is 1.82. The van der Waals surface area contributed by atoms with Gasteiger partial charge in [0.25, 0.3) is 0 Å². The van der Waals surface area contributed by atoms with Gasteiger partial charge in [0.1, 0.15) is 6.29 Å². The Morgan fingerprint density at radius 2 is 2.06 bits per heavy atom. The first-order valence-corrected chi connectivity index (χ1v) is 6.63. The van der Waals surface area contributed by atoms with Crippen LogP contribution in [-0.4, -0.2) is 16.1 Å². The summed E-state index contributed by atoms with van der Waals surface area (Å²) in [6, 6.07) is 2.67. The van der Waals surface area contributed by atoms with Gasteiger partial charge >= 0.3 is 0 Å². The van der Waals surface area contributed by atoms with E-state index in [2.05, 4.69) is 36.6 Å². The van der Waals surface area contributed by atoms with Gasteiger partial charge in [-0.05, 0) is 51.5 Å². The van der Waals surface area contributed by atoms with Crippen molar-refractivity contribution in [3.8, 4) is 0 Å². The summed E-state index contributed by atoms with van der Waals surface area (Å²) in [6.45, 7) is 6.43. The molecule has 2 aliphatic rings. The van der Waals surface area contributed by atoms with Gasteiger partial charge in [-0.1, -0.05) is 0 Å². The molecule has 2 unspecified atom stereocenters. The average Bonchev–Trinajstić information content (AvgIpc) is 2.66. The largest absolute Gasteiger partial charge is 0.303 e. The predicted octanol–water partition coefficient (Wildman–Crippen LogP) is 2.71. The van der Waals surface area contributed by atoms with Crippen LogP contribution in [0, 0.1) is 24.7 Å². The summed E-state index contributed by atoms with van der Waals surface area (Å²) in [5, 5.41) is 4.58. The third-order valence-corrected chi connectivity index (χ3v) is 4.39. The third-order valence-electron chi connectivity index (χ3n) is 4.39. The molecule has 0 spiro atoms.